The molecule has 0 aliphatic carbocycles. The number of benzene rings is 4. The van der Waals surface area contributed by atoms with Crippen LogP contribution in [0.5, 0.6) is 0 Å². The lowest BCUT2D eigenvalue weighted by Crippen LogP contribution is -2.34. The van der Waals surface area contributed by atoms with Crippen molar-refractivity contribution < 1.29 is 17.6 Å². The van der Waals surface area contributed by atoms with E-state index in [1.54, 1.807) is 0 Å². The van der Waals surface area contributed by atoms with Gasteiger partial charge in [0.2, 0.25) is 0 Å². The van der Waals surface area contributed by atoms with E-state index < -0.39 is 39.4 Å². The number of rotatable bonds is 7. The van der Waals surface area contributed by atoms with E-state index in [-0.39, 0.29) is 28.0 Å². The van der Waals surface area contributed by atoms with Crippen LogP contribution in [-0.4, -0.2) is 10.5 Å². The molecule has 1 fully saturated rings. The molecule has 4 aromatic carbocycles. The average Bonchev–Trinajstić information content (AvgIpc) is 3.36. The summed E-state index contributed by atoms with van der Waals surface area (Å²) in [6.45, 7) is 4.02. The molecule has 0 saturated carbocycles. The third kappa shape index (κ3) is 5.17. The van der Waals surface area contributed by atoms with Gasteiger partial charge in [0.25, 0.3) is 0 Å². The highest BCUT2D eigenvalue weighted by Gasteiger charge is 2.46. The molecule has 7 heteroatoms. The quantitative estimate of drug-likeness (QED) is 0.163. The van der Waals surface area contributed by atoms with Crippen LogP contribution in [0.3, 0.4) is 0 Å². The maximum absolute atomic E-state index is 15.5. The maximum Gasteiger partial charge on any atom is 0.168 e. The predicted molar refractivity (Wildman–Crippen MR) is 150 cm³/mol. The molecule has 0 amide bonds. The van der Waals surface area contributed by atoms with E-state index in [0.717, 1.165) is 25.0 Å². The maximum atomic E-state index is 15.5. The molecule has 1 nitrogen and oxygen atoms in total. The number of nitrogens with zero attached hydrogens (tertiary/aromatic N) is 1. The standard InChI is InChI=1S/C31H29F4NP2/c1-21(2)36(38(28-17-9-15-24(32)30(28)34)29-18-10-16-25(33)31(29)35)37-26(22-11-5-3-6-12-22)19-20-27(37)23-13-7-4-8-14-23/h3-18,21,26-27H,19-20H2,1-2H3/t26-,27-/m0/s1. The SMILES string of the molecule is CC(C)N(P(c1cccc(F)c1F)c1cccc(F)c1F)P1[C@H](c2ccccc2)CC[C@H]1c1ccccc1. The van der Waals surface area contributed by atoms with Crippen molar-refractivity contribution in [1.29, 1.82) is 0 Å². The average molecular weight is 554 g/mol. The molecule has 0 unspecified atom stereocenters. The minimum atomic E-state index is -1.94. The van der Waals surface area contributed by atoms with Crippen LogP contribution >= 0.6 is 16.1 Å². The Hall–Kier alpha value is -2.58. The van der Waals surface area contributed by atoms with Crippen LogP contribution in [-0.2, 0) is 0 Å². The summed E-state index contributed by atoms with van der Waals surface area (Å²) in [7, 11) is -3.01. The molecule has 1 saturated heterocycles. The Balaban J connectivity index is 1.75. The molecule has 1 aliphatic heterocycles. The van der Waals surface area contributed by atoms with Crippen LogP contribution in [0, 0.1) is 23.3 Å². The molecule has 38 heavy (non-hydrogen) atoms. The molecule has 0 aromatic heterocycles. The lowest BCUT2D eigenvalue weighted by atomic mass is 10.0. The molecule has 0 spiro atoms. The van der Waals surface area contributed by atoms with E-state index in [9.17, 15) is 8.78 Å². The van der Waals surface area contributed by atoms with Crippen molar-refractivity contribution >= 4 is 26.8 Å². The first-order valence-corrected chi connectivity index (χ1v) is 15.5. The molecular formula is C31H29F4NP2. The van der Waals surface area contributed by atoms with Crippen LogP contribution < -0.4 is 10.6 Å². The van der Waals surface area contributed by atoms with Crippen molar-refractivity contribution in [3.63, 3.8) is 0 Å². The van der Waals surface area contributed by atoms with Gasteiger partial charge in [-0.1, -0.05) is 72.8 Å². The third-order valence-corrected chi connectivity index (χ3v) is 13.9. The first-order valence-electron chi connectivity index (χ1n) is 12.7. The van der Waals surface area contributed by atoms with Gasteiger partial charge in [0.1, 0.15) is 0 Å². The van der Waals surface area contributed by atoms with Crippen molar-refractivity contribution in [2.24, 2.45) is 0 Å². The van der Waals surface area contributed by atoms with E-state index in [1.807, 2.05) is 50.2 Å². The molecule has 1 aliphatic rings. The van der Waals surface area contributed by atoms with Crippen molar-refractivity contribution in [3.05, 3.63) is 131 Å². The Kier molecular flexibility index (Phi) is 8.29. The van der Waals surface area contributed by atoms with Crippen molar-refractivity contribution in [2.75, 3.05) is 0 Å². The van der Waals surface area contributed by atoms with Crippen LogP contribution in [0.15, 0.2) is 97.1 Å². The zero-order valence-corrected chi connectivity index (χ0v) is 23.0. The topological polar surface area (TPSA) is 3.24 Å². The summed E-state index contributed by atoms with van der Waals surface area (Å²) in [5.41, 5.74) is 2.63. The van der Waals surface area contributed by atoms with Gasteiger partial charge in [-0.25, -0.2) is 22.0 Å². The second-order valence-electron chi connectivity index (χ2n) is 9.68. The van der Waals surface area contributed by atoms with Gasteiger partial charge in [0, 0.05) is 36.0 Å². The zero-order valence-electron chi connectivity index (χ0n) is 21.2. The Morgan fingerprint density at radius 3 is 1.45 bits per heavy atom. The van der Waals surface area contributed by atoms with Gasteiger partial charge < -0.3 is 0 Å². The summed E-state index contributed by atoms with van der Waals surface area (Å²) < 4.78 is 62.5. The first-order chi connectivity index (χ1) is 18.4. The van der Waals surface area contributed by atoms with Gasteiger partial charge in [-0.15, -0.1) is 0 Å². The van der Waals surface area contributed by atoms with Crippen LogP contribution in [0.25, 0.3) is 0 Å². The van der Waals surface area contributed by atoms with Gasteiger partial charge in [0.15, 0.2) is 23.3 Å². The van der Waals surface area contributed by atoms with Crippen molar-refractivity contribution in [1.82, 2.24) is 4.44 Å². The fourth-order valence-electron chi connectivity index (χ4n) is 5.34. The minimum Gasteiger partial charge on any atom is -0.249 e. The summed E-state index contributed by atoms with van der Waals surface area (Å²) >= 11 is 0. The first kappa shape index (κ1) is 27.0. The largest absolute Gasteiger partial charge is 0.249 e. The molecule has 0 N–H and O–H groups in total. The molecule has 0 radical (unpaired) electrons. The smallest absolute Gasteiger partial charge is 0.168 e. The fourth-order valence-corrected chi connectivity index (χ4v) is 13.0. The normalized spacial score (nSPS) is 18.1. The second-order valence-corrected chi connectivity index (χ2v) is 14.5. The summed E-state index contributed by atoms with van der Waals surface area (Å²) in [5.74, 6) is -3.99. The summed E-state index contributed by atoms with van der Waals surface area (Å²) in [6, 6.07) is 28.4. The Morgan fingerprint density at radius 2 is 1.05 bits per heavy atom. The molecule has 5 rings (SSSR count). The lowest BCUT2D eigenvalue weighted by molar-refractivity contribution is 0.509. The lowest BCUT2D eigenvalue weighted by Gasteiger charge is -2.45. The molecule has 0 bridgehead atoms. The van der Waals surface area contributed by atoms with Gasteiger partial charge in [-0.05, 0) is 70.2 Å². The molecule has 2 atom stereocenters. The van der Waals surface area contributed by atoms with Gasteiger partial charge in [-0.2, -0.15) is 0 Å². The highest BCUT2D eigenvalue weighted by atomic mass is 31.2. The number of hydrogen-bond acceptors (Lipinski definition) is 1. The monoisotopic (exact) mass is 553 g/mol. The molecule has 1 heterocycles. The number of halogens is 4. The molecule has 4 aromatic rings. The molecule has 196 valence electrons. The van der Waals surface area contributed by atoms with E-state index in [4.69, 9.17) is 0 Å². The van der Waals surface area contributed by atoms with E-state index >= 15 is 8.78 Å². The third-order valence-electron chi connectivity index (χ3n) is 6.94. The van der Waals surface area contributed by atoms with Crippen LogP contribution in [0.4, 0.5) is 17.6 Å². The highest BCUT2D eigenvalue weighted by molar-refractivity contribution is 7.79. The Bertz CT molecular complexity index is 1280. The van der Waals surface area contributed by atoms with Crippen LogP contribution in [0.1, 0.15) is 49.1 Å². The van der Waals surface area contributed by atoms with E-state index in [0.29, 0.717) is 0 Å². The second kappa shape index (κ2) is 11.7. The molecular weight excluding hydrogens is 524 g/mol. The van der Waals surface area contributed by atoms with Crippen molar-refractivity contribution in [3.8, 4) is 0 Å². The number of hydrogen-bond donors (Lipinski definition) is 0. The van der Waals surface area contributed by atoms with Crippen molar-refractivity contribution in [2.45, 2.75) is 44.0 Å². The summed E-state index contributed by atoms with van der Waals surface area (Å²) in [4.78, 5) is 0. The predicted octanol–water partition coefficient (Wildman–Crippen LogP) is 8.97. The Labute approximate surface area is 224 Å². The summed E-state index contributed by atoms with van der Waals surface area (Å²) in [6.07, 6.45) is 1.83. The van der Waals surface area contributed by atoms with E-state index in [2.05, 4.69) is 28.7 Å². The summed E-state index contributed by atoms with van der Waals surface area (Å²) in [5, 5.41) is 0.150. The van der Waals surface area contributed by atoms with E-state index in [1.165, 1.54) is 35.4 Å². The van der Waals surface area contributed by atoms with Crippen LogP contribution in [0.2, 0.25) is 0 Å². The fraction of sp³-hybridized carbons (Fsp3) is 0.226. The van der Waals surface area contributed by atoms with Gasteiger partial charge in [-0.3, -0.25) is 0 Å². The van der Waals surface area contributed by atoms with Gasteiger partial charge >= 0.3 is 0 Å². The zero-order chi connectivity index (χ0) is 26.8. The minimum absolute atomic E-state index is 0.0752. The van der Waals surface area contributed by atoms with Gasteiger partial charge in [0.05, 0.1) is 0 Å². The highest BCUT2D eigenvalue weighted by Crippen LogP contribution is 2.76. The Morgan fingerprint density at radius 1 is 0.632 bits per heavy atom.